The van der Waals surface area contributed by atoms with Crippen molar-refractivity contribution in [1.29, 1.82) is 0 Å². The van der Waals surface area contributed by atoms with Crippen LogP contribution in [0.15, 0.2) is 42.6 Å². The number of aromatic nitrogens is 2. The number of hydrogen-bond acceptors (Lipinski definition) is 5. The Hall–Kier alpha value is -3.10. The van der Waals surface area contributed by atoms with Gasteiger partial charge >= 0.3 is 0 Å². The molecule has 3 N–H and O–H groups in total. The lowest BCUT2D eigenvalue weighted by molar-refractivity contribution is -0.123. The molecule has 0 saturated carbocycles. The van der Waals surface area contributed by atoms with Crippen LogP contribution in [0.5, 0.6) is 5.75 Å². The number of carbonyl (C=O) groups is 2. The number of amides is 2. The molecule has 2 atom stereocenters. The van der Waals surface area contributed by atoms with Crippen molar-refractivity contribution in [3.05, 3.63) is 63.9 Å². The standard InChI is InChI=1S/C22H21ClN4O3S/c1-12(14-5-3-4-6-15(14)23)30-17-10-18(31-20(17)21(24)28)16-11-26-19-9-13(22(29)25-2)7-8-27(16)19/h3-8,10-13H,9H2,1-2H3,(H2,24,28)(H,25,29). The summed E-state index contributed by atoms with van der Waals surface area (Å²) in [6.45, 7) is 1.87. The molecule has 0 aliphatic carbocycles. The number of ether oxygens (including phenoxy) is 1. The van der Waals surface area contributed by atoms with E-state index >= 15 is 0 Å². The fraction of sp³-hybridized carbons (Fsp3) is 0.227. The lowest BCUT2D eigenvalue weighted by Gasteiger charge is -2.17. The molecular formula is C22H21ClN4O3S. The van der Waals surface area contributed by atoms with Crippen molar-refractivity contribution in [2.45, 2.75) is 19.4 Å². The Morgan fingerprint density at radius 3 is 2.87 bits per heavy atom. The van der Waals surface area contributed by atoms with Crippen LogP contribution in [0, 0.1) is 5.92 Å². The van der Waals surface area contributed by atoms with E-state index in [2.05, 4.69) is 10.3 Å². The van der Waals surface area contributed by atoms with Crippen molar-refractivity contribution in [3.63, 3.8) is 0 Å². The molecule has 1 aromatic carbocycles. The number of thiophene rings is 1. The Balaban J connectivity index is 1.65. The summed E-state index contributed by atoms with van der Waals surface area (Å²) >= 11 is 7.53. The van der Waals surface area contributed by atoms with Crippen molar-refractivity contribution in [3.8, 4) is 16.3 Å². The fourth-order valence-corrected chi connectivity index (χ4v) is 4.78. The number of fused-ring (bicyclic) bond motifs is 1. The number of nitrogens with zero attached hydrogens (tertiary/aromatic N) is 2. The third kappa shape index (κ3) is 4.08. The molecule has 0 saturated heterocycles. The van der Waals surface area contributed by atoms with Crippen LogP contribution < -0.4 is 15.8 Å². The first-order valence-electron chi connectivity index (χ1n) is 9.70. The van der Waals surface area contributed by atoms with Crippen molar-refractivity contribution in [1.82, 2.24) is 14.9 Å². The number of primary amides is 1. The first-order valence-corrected chi connectivity index (χ1v) is 10.9. The van der Waals surface area contributed by atoms with Crippen LogP contribution in [0.4, 0.5) is 0 Å². The molecule has 7 nitrogen and oxygen atoms in total. The quantitative estimate of drug-likeness (QED) is 0.587. The molecule has 1 aliphatic rings. The van der Waals surface area contributed by atoms with E-state index in [9.17, 15) is 9.59 Å². The van der Waals surface area contributed by atoms with Crippen molar-refractivity contribution >= 4 is 41.0 Å². The minimum atomic E-state index is -0.564. The molecule has 9 heteroatoms. The van der Waals surface area contributed by atoms with Crippen LogP contribution in [0.2, 0.25) is 5.02 Å². The van der Waals surface area contributed by atoms with Gasteiger partial charge in [0.05, 0.1) is 22.7 Å². The number of nitrogens with one attached hydrogen (secondary N) is 1. The van der Waals surface area contributed by atoms with E-state index in [4.69, 9.17) is 22.1 Å². The van der Waals surface area contributed by atoms with Gasteiger partial charge in [-0.25, -0.2) is 4.98 Å². The minimum Gasteiger partial charge on any atom is -0.484 e. The maximum Gasteiger partial charge on any atom is 0.262 e. The average Bonchev–Trinajstić information content (AvgIpc) is 3.36. The normalized spacial score (nSPS) is 15.9. The maximum atomic E-state index is 12.1. The van der Waals surface area contributed by atoms with Gasteiger partial charge in [0.25, 0.3) is 5.91 Å². The van der Waals surface area contributed by atoms with Gasteiger partial charge in [-0.1, -0.05) is 35.9 Å². The number of nitrogens with two attached hydrogens (primary N) is 1. The number of benzene rings is 1. The Morgan fingerprint density at radius 1 is 1.39 bits per heavy atom. The monoisotopic (exact) mass is 456 g/mol. The molecule has 3 aromatic rings. The molecule has 0 radical (unpaired) electrons. The highest BCUT2D eigenvalue weighted by molar-refractivity contribution is 7.17. The zero-order valence-electron chi connectivity index (χ0n) is 17.0. The van der Waals surface area contributed by atoms with Crippen LogP contribution in [-0.4, -0.2) is 28.4 Å². The molecule has 0 bridgehead atoms. The molecular weight excluding hydrogens is 436 g/mol. The summed E-state index contributed by atoms with van der Waals surface area (Å²) in [4.78, 5) is 29.6. The summed E-state index contributed by atoms with van der Waals surface area (Å²) in [6.07, 6.45) is 5.52. The summed E-state index contributed by atoms with van der Waals surface area (Å²) < 4.78 is 8.00. The predicted octanol–water partition coefficient (Wildman–Crippen LogP) is 3.89. The number of hydrogen-bond donors (Lipinski definition) is 2. The number of imidazole rings is 1. The number of halogens is 1. The first kappa shape index (κ1) is 21.1. The molecule has 2 amide bonds. The highest BCUT2D eigenvalue weighted by Crippen LogP contribution is 2.39. The molecule has 0 fully saturated rings. The lowest BCUT2D eigenvalue weighted by atomic mass is 10.0. The van der Waals surface area contributed by atoms with Gasteiger partial charge in [0.1, 0.15) is 22.6 Å². The van der Waals surface area contributed by atoms with E-state index < -0.39 is 5.91 Å². The van der Waals surface area contributed by atoms with E-state index in [1.807, 2.05) is 42.0 Å². The minimum absolute atomic E-state index is 0.0524. The number of carbonyl (C=O) groups excluding carboxylic acids is 2. The second-order valence-corrected chi connectivity index (χ2v) is 8.61. The molecule has 1 aliphatic heterocycles. The van der Waals surface area contributed by atoms with Gasteiger partial charge in [-0.2, -0.15) is 0 Å². The van der Waals surface area contributed by atoms with E-state index in [1.54, 1.807) is 25.4 Å². The molecule has 0 spiro atoms. The third-order valence-corrected chi connectivity index (χ3v) is 6.65. The van der Waals surface area contributed by atoms with Crippen molar-refractivity contribution < 1.29 is 14.3 Å². The second kappa shape index (κ2) is 8.56. The average molecular weight is 457 g/mol. The topological polar surface area (TPSA) is 99.2 Å². The van der Waals surface area contributed by atoms with Crippen molar-refractivity contribution in [2.24, 2.45) is 11.7 Å². The highest BCUT2D eigenvalue weighted by atomic mass is 35.5. The van der Waals surface area contributed by atoms with Gasteiger partial charge in [-0.05, 0) is 13.0 Å². The molecule has 31 heavy (non-hydrogen) atoms. The molecule has 4 rings (SSSR count). The highest BCUT2D eigenvalue weighted by Gasteiger charge is 2.25. The summed E-state index contributed by atoms with van der Waals surface area (Å²) in [5.41, 5.74) is 7.23. The summed E-state index contributed by atoms with van der Waals surface area (Å²) in [5.74, 6) is 0.299. The molecule has 3 heterocycles. The van der Waals surface area contributed by atoms with Gasteiger partial charge in [0.15, 0.2) is 0 Å². The van der Waals surface area contributed by atoms with Gasteiger partial charge in [-0.3, -0.25) is 9.59 Å². The van der Waals surface area contributed by atoms with Crippen LogP contribution in [-0.2, 0) is 11.2 Å². The maximum absolute atomic E-state index is 12.1. The summed E-state index contributed by atoms with van der Waals surface area (Å²) in [5, 5.41) is 3.25. The third-order valence-electron chi connectivity index (χ3n) is 5.15. The van der Waals surface area contributed by atoms with Crippen LogP contribution >= 0.6 is 22.9 Å². The zero-order valence-corrected chi connectivity index (χ0v) is 18.5. The van der Waals surface area contributed by atoms with E-state index in [1.165, 1.54) is 11.3 Å². The van der Waals surface area contributed by atoms with Crippen molar-refractivity contribution in [2.75, 3.05) is 7.05 Å². The number of rotatable bonds is 6. The van der Waals surface area contributed by atoms with E-state index in [0.717, 1.165) is 22.0 Å². The second-order valence-electron chi connectivity index (χ2n) is 7.15. The van der Waals surface area contributed by atoms with Gasteiger partial charge in [0, 0.05) is 36.3 Å². The van der Waals surface area contributed by atoms with Gasteiger partial charge in [-0.15, -0.1) is 11.3 Å². The van der Waals surface area contributed by atoms with E-state index in [0.29, 0.717) is 22.1 Å². The molecule has 2 unspecified atom stereocenters. The first-order chi connectivity index (χ1) is 14.9. The van der Waals surface area contributed by atoms with Crippen LogP contribution in [0.25, 0.3) is 16.8 Å². The van der Waals surface area contributed by atoms with Gasteiger partial charge in [0.2, 0.25) is 5.91 Å². The van der Waals surface area contributed by atoms with Crippen LogP contribution in [0.1, 0.15) is 34.1 Å². The Morgan fingerprint density at radius 2 is 2.16 bits per heavy atom. The summed E-state index contributed by atoms with van der Waals surface area (Å²) in [6, 6.07) is 9.20. The Labute approximate surface area is 188 Å². The Bertz CT molecular complexity index is 1180. The lowest BCUT2D eigenvalue weighted by Crippen LogP contribution is -2.29. The smallest absolute Gasteiger partial charge is 0.262 e. The van der Waals surface area contributed by atoms with Crippen LogP contribution in [0.3, 0.4) is 0 Å². The zero-order chi connectivity index (χ0) is 22.1. The fourth-order valence-electron chi connectivity index (χ4n) is 3.54. The van der Waals surface area contributed by atoms with Gasteiger partial charge < -0.3 is 20.4 Å². The predicted molar refractivity (Wildman–Crippen MR) is 121 cm³/mol. The molecule has 160 valence electrons. The van der Waals surface area contributed by atoms with E-state index in [-0.39, 0.29) is 17.9 Å². The Kier molecular flexibility index (Phi) is 5.84. The molecule has 2 aromatic heterocycles. The summed E-state index contributed by atoms with van der Waals surface area (Å²) in [7, 11) is 1.62. The largest absolute Gasteiger partial charge is 0.484 e. The SMILES string of the molecule is CNC(=O)C1C=Cn2c(-c3cc(OC(C)c4ccccc4Cl)c(C(N)=O)s3)cnc2C1.